The fraction of sp³-hybridized carbons (Fsp3) is 0.833. The Morgan fingerprint density at radius 2 is 2.12 bits per heavy atom. The third-order valence-electron chi connectivity index (χ3n) is 1.12. The fourth-order valence-corrected chi connectivity index (χ4v) is 2.48. The Labute approximate surface area is 59.2 Å². The van der Waals surface area contributed by atoms with E-state index in [1.54, 1.807) is 10.8 Å². The molecule has 0 N–H and O–H groups in total. The summed E-state index contributed by atoms with van der Waals surface area (Å²) in [4.78, 5) is 0. The molecule has 0 unspecified atom stereocenters. The van der Waals surface area contributed by atoms with Crippen LogP contribution in [0.25, 0.3) is 0 Å². The third kappa shape index (κ3) is 2.88. The largest absolute Gasteiger partial charge is 0.0935 e. The maximum absolute atomic E-state index is 3.27. The Morgan fingerprint density at radius 3 is 3.12 bits per heavy atom. The average molecular weight is 146 g/mol. The lowest BCUT2D eigenvalue weighted by Crippen LogP contribution is -1.83. The van der Waals surface area contributed by atoms with Crippen molar-refractivity contribution in [2.24, 2.45) is 0 Å². The molecule has 1 aliphatic rings. The summed E-state index contributed by atoms with van der Waals surface area (Å²) in [6.07, 6.45) is 5.35. The number of rotatable bonds is 0. The molecule has 46 valence electrons. The van der Waals surface area contributed by atoms with Gasteiger partial charge in [-0.15, -0.1) is 0 Å². The molecular formula is C6H10S2. The second-order valence-corrected chi connectivity index (χ2v) is 4.17. The van der Waals surface area contributed by atoms with Gasteiger partial charge in [-0.05, 0) is 12.8 Å². The summed E-state index contributed by atoms with van der Waals surface area (Å²) < 4.78 is 0. The zero-order valence-corrected chi connectivity index (χ0v) is 6.49. The van der Waals surface area contributed by atoms with E-state index in [0.29, 0.717) is 0 Å². The maximum atomic E-state index is 3.27. The SMILES string of the molecule is [C]1CCCCCSS1. The third-order valence-corrected chi connectivity index (χ3v) is 3.23. The number of hydrogen-bond donors (Lipinski definition) is 0. The Kier molecular flexibility index (Phi) is 3.89. The Morgan fingerprint density at radius 1 is 1.12 bits per heavy atom. The van der Waals surface area contributed by atoms with Crippen molar-refractivity contribution in [3.63, 3.8) is 0 Å². The van der Waals surface area contributed by atoms with Gasteiger partial charge in [-0.2, -0.15) is 0 Å². The van der Waals surface area contributed by atoms with Crippen LogP contribution in [0.5, 0.6) is 0 Å². The molecule has 0 nitrogen and oxygen atoms in total. The summed E-state index contributed by atoms with van der Waals surface area (Å²) in [5.41, 5.74) is 0. The lowest BCUT2D eigenvalue weighted by molar-refractivity contribution is 0.728. The molecule has 0 amide bonds. The van der Waals surface area contributed by atoms with Gasteiger partial charge in [0.2, 0.25) is 0 Å². The molecular weight excluding hydrogens is 136 g/mol. The van der Waals surface area contributed by atoms with Gasteiger partial charge in [0.25, 0.3) is 0 Å². The first-order valence-corrected chi connectivity index (χ1v) is 5.33. The standard InChI is InChI=1S/C6H10S2/c1-2-4-6-8-7-5-3-1/h1-5H2. The van der Waals surface area contributed by atoms with Gasteiger partial charge in [-0.3, -0.25) is 0 Å². The van der Waals surface area contributed by atoms with E-state index in [2.05, 4.69) is 5.75 Å². The predicted molar refractivity (Wildman–Crippen MR) is 41.8 cm³/mol. The van der Waals surface area contributed by atoms with Crippen molar-refractivity contribution in [1.82, 2.24) is 0 Å². The Bertz CT molecular complexity index is 30.5. The van der Waals surface area contributed by atoms with E-state index in [9.17, 15) is 0 Å². The van der Waals surface area contributed by atoms with E-state index < -0.39 is 0 Å². The number of hydrogen-bond acceptors (Lipinski definition) is 2. The fourth-order valence-electron chi connectivity index (χ4n) is 0.660. The molecule has 1 saturated heterocycles. The van der Waals surface area contributed by atoms with Gasteiger partial charge >= 0.3 is 0 Å². The minimum atomic E-state index is 1.19. The van der Waals surface area contributed by atoms with Gasteiger partial charge in [0.05, 0.1) is 5.75 Å². The highest BCUT2D eigenvalue weighted by Crippen LogP contribution is 2.30. The monoisotopic (exact) mass is 146 g/mol. The smallest absolute Gasteiger partial charge is 0.0601 e. The average Bonchev–Trinajstić information content (AvgIpc) is 1.62. The van der Waals surface area contributed by atoms with Crippen LogP contribution >= 0.6 is 21.6 Å². The summed E-state index contributed by atoms with van der Waals surface area (Å²) in [5.74, 6) is 4.58. The molecule has 0 spiro atoms. The second-order valence-electron chi connectivity index (χ2n) is 1.86. The molecule has 2 heteroatoms. The summed E-state index contributed by atoms with van der Waals surface area (Å²) >= 11 is 0. The molecule has 2 radical (unpaired) electrons. The molecule has 1 fully saturated rings. The van der Waals surface area contributed by atoms with Crippen molar-refractivity contribution in [2.45, 2.75) is 25.7 Å². The van der Waals surface area contributed by atoms with Crippen molar-refractivity contribution in [1.29, 1.82) is 0 Å². The Balaban J connectivity index is 2.00. The van der Waals surface area contributed by atoms with Crippen molar-refractivity contribution >= 4 is 21.6 Å². The van der Waals surface area contributed by atoms with E-state index in [-0.39, 0.29) is 0 Å². The highest BCUT2D eigenvalue weighted by Gasteiger charge is 1.97. The van der Waals surface area contributed by atoms with Gasteiger partial charge in [-0.1, -0.05) is 34.4 Å². The van der Waals surface area contributed by atoms with Crippen molar-refractivity contribution in [2.75, 3.05) is 5.75 Å². The zero-order chi connectivity index (χ0) is 5.66. The van der Waals surface area contributed by atoms with Crippen LogP contribution in [-0.2, 0) is 0 Å². The van der Waals surface area contributed by atoms with Crippen LogP contribution < -0.4 is 0 Å². The molecule has 0 aromatic rings. The Hall–Kier alpha value is 0.700. The van der Waals surface area contributed by atoms with Crippen LogP contribution in [0, 0.1) is 5.75 Å². The van der Waals surface area contributed by atoms with Gasteiger partial charge < -0.3 is 0 Å². The molecule has 0 atom stereocenters. The van der Waals surface area contributed by atoms with Crippen LogP contribution in [0.3, 0.4) is 0 Å². The van der Waals surface area contributed by atoms with E-state index in [4.69, 9.17) is 0 Å². The van der Waals surface area contributed by atoms with Gasteiger partial charge in [-0.25, -0.2) is 0 Å². The molecule has 0 aliphatic carbocycles. The van der Waals surface area contributed by atoms with Gasteiger partial charge in [0.15, 0.2) is 0 Å². The lowest BCUT2D eigenvalue weighted by atomic mass is 10.2. The molecule has 8 heavy (non-hydrogen) atoms. The van der Waals surface area contributed by atoms with Crippen LogP contribution in [0.2, 0.25) is 0 Å². The van der Waals surface area contributed by atoms with Crippen LogP contribution in [0.1, 0.15) is 25.7 Å². The molecule has 0 saturated carbocycles. The maximum Gasteiger partial charge on any atom is 0.0601 e. The first-order valence-electron chi connectivity index (χ1n) is 3.01. The van der Waals surface area contributed by atoms with Crippen molar-refractivity contribution in [3.8, 4) is 0 Å². The molecule has 1 aliphatic heterocycles. The quantitative estimate of drug-likeness (QED) is 0.482. The second kappa shape index (κ2) is 4.57. The van der Waals surface area contributed by atoms with Crippen LogP contribution in [0.4, 0.5) is 0 Å². The molecule has 1 rings (SSSR count). The van der Waals surface area contributed by atoms with Gasteiger partial charge in [0, 0.05) is 5.75 Å². The highest BCUT2D eigenvalue weighted by molar-refractivity contribution is 8.77. The zero-order valence-electron chi connectivity index (χ0n) is 4.85. The summed E-state index contributed by atoms with van der Waals surface area (Å²) in [6, 6.07) is 0. The highest BCUT2D eigenvalue weighted by atomic mass is 33.1. The molecule has 1 heterocycles. The molecule has 0 aromatic carbocycles. The first-order chi connectivity index (χ1) is 4.00. The lowest BCUT2D eigenvalue weighted by Gasteiger charge is -2.04. The summed E-state index contributed by atoms with van der Waals surface area (Å²) in [6.45, 7) is 0. The minimum Gasteiger partial charge on any atom is -0.0935 e. The molecule has 0 aromatic heterocycles. The summed E-state index contributed by atoms with van der Waals surface area (Å²) in [5, 5.41) is 0. The van der Waals surface area contributed by atoms with Crippen molar-refractivity contribution < 1.29 is 0 Å². The molecule has 0 bridgehead atoms. The van der Waals surface area contributed by atoms with Crippen LogP contribution in [-0.4, -0.2) is 5.75 Å². The van der Waals surface area contributed by atoms with E-state index in [1.807, 2.05) is 10.8 Å². The topological polar surface area (TPSA) is 0 Å². The van der Waals surface area contributed by atoms with Gasteiger partial charge in [0.1, 0.15) is 0 Å². The minimum absolute atomic E-state index is 1.19. The predicted octanol–water partition coefficient (Wildman–Crippen LogP) is 2.98. The van der Waals surface area contributed by atoms with E-state index >= 15 is 0 Å². The summed E-state index contributed by atoms with van der Waals surface area (Å²) in [7, 11) is 3.73. The van der Waals surface area contributed by atoms with Crippen LogP contribution in [0.15, 0.2) is 0 Å². The first kappa shape index (κ1) is 6.81. The van der Waals surface area contributed by atoms with E-state index in [1.165, 1.54) is 31.4 Å². The van der Waals surface area contributed by atoms with E-state index in [0.717, 1.165) is 0 Å². The normalized spacial score (nSPS) is 24.0. The van der Waals surface area contributed by atoms with Crippen molar-refractivity contribution in [3.05, 3.63) is 5.75 Å².